The number of halogens is 1. The molecule has 1 atom stereocenters. The van der Waals surface area contributed by atoms with Gasteiger partial charge in [0.2, 0.25) is 0 Å². The second-order valence-corrected chi connectivity index (χ2v) is 8.00. The number of likely N-dealkylation sites (tertiary alicyclic amines) is 1. The molecule has 6 nitrogen and oxygen atoms in total. The van der Waals surface area contributed by atoms with Crippen LogP contribution in [-0.4, -0.2) is 63.4 Å². The first-order chi connectivity index (χ1) is 14.2. The number of nitrogens with one attached hydrogen (secondary N) is 2. The Morgan fingerprint density at radius 3 is 2.83 bits per heavy atom. The maximum absolute atomic E-state index is 13.8. The second kappa shape index (κ2) is 11.5. The summed E-state index contributed by atoms with van der Waals surface area (Å²) in [5, 5.41) is 6.91. The van der Waals surface area contributed by atoms with Gasteiger partial charge in [0.05, 0.1) is 19.8 Å². The van der Waals surface area contributed by atoms with E-state index in [1.807, 2.05) is 6.07 Å². The molecule has 2 fully saturated rings. The Balaban J connectivity index is 1.50. The number of rotatable bonds is 8. The lowest BCUT2D eigenvalue weighted by Crippen LogP contribution is -2.49. The highest BCUT2D eigenvalue weighted by Crippen LogP contribution is 2.18. The van der Waals surface area contributed by atoms with Gasteiger partial charge in [-0.15, -0.1) is 0 Å². The lowest BCUT2D eigenvalue weighted by molar-refractivity contribution is 0.150. The number of aliphatic imine (C=N–C) groups is 1. The Bertz CT molecular complexity index is 656. The van der Waals surface area contributed by atoms with Crippen molar-refractivity contribution in [2.75, 3.05) is 46.5 Å². The van der Waals surface area contributed by atoms with E-state index in [1.54, 1.807) is 13.2 Å². The lowest BCUT2D eigenvalue weighted by Gasteiger charge is -2.34. The molecule has 2 aliphatic rings. The Kier molecular flexibility index (Phi) is 8.70. The van der Waals surface area contributed by atoms with Crippen LogP contribution in [-0.2, 0) is 22.6 Å². The number of guanidine groups is 1. The summed E-state index contributed by atoms with van der Waals surface area (Å²) in [5.74, 6) is 1.30. The Hall–Kier alpha value is -1.70. The normalized spacial score (nSPS) is 21.5. The van der Waals surface area contributed by atoms with E-state index in [-0.39, 0.29) is 12.4 Å². The molecular formula is C22H35FN4O2. The summed E-state index contributed by atoms with van der Waals surface area (Å²) in [5.41, 5.74) is 1.54. The van der Waals surface area contributed by atoms with Crippen LogP contribution in [0.5, 0.6) is 0 Å². The van der Waals surface area contributed by atoms with Gasteiger partial charge in [0.25, 0.3) is 0 Å². The van der Waals surface area contributed by atoms with Gasteiger partial charge in [-0.25, -0.2) is 9.38 Å². The first-order valence-corrected chi connectivity index (χ1v) is 10.8. The number of ether oxygens (including phenoxy) is 2. The maximum atomic E-state index is 13.8. The molecule has 2 saturated heterocycles. The van der Waals surface area contributed by atoms with Gasteiger partial charge in [-0.05, 0) is 49.8 Å². The smallest absolute Gasteiger partial charge is 0.191 e. The molecule has 1 aromatic carbocycles. The molecule has 1 aromatic rings. The number of nitrogens with zero attached hydrogens (tertiary/aromatic N) is 2. The zero-order valence-corrected chi connectivity index (χ0v) is 17.8. The molecule has 1 unspecified atom stereocenters. The third-order valence-electron chi connectivity index (χ3n) is 5.64. The molecule has 162 valence electrons. The van der Waals surface area contributed by atoms with Crippen molar-refractivity contribution in [1.82, 2.24) is 15.5 Å². The van der Waals surface area contributed by atoms with E-state index in [4.69, 9.17) is 14.5 Å². The molecule has 0 amide bonds. The number of piperidine rings is 1. The predicted molar refractivity (Wildman–Crippen MR) is 113 cm³/mol. The Morgan fingerprint density at radius 2 is 2.14 bits per heavy atom. The van der Waals surface area contributed by atoms with Crippen LogP contribution in [0.4, 0.5) is 4.39 Å². The SMILES string of the molecule is CCNC(=NCc1ccc(F)c(COC)c1)NC1CCN(CC2CCOC2)CC1. The molecule has 29 heavy (non-hydrogen) atoms. The average molecular weight is 407 g/mol. The van der Waals surface area contributed by atoms with Gasteiger partial charge in [-0.3, -0.25) is 0 Å². The average Bonchev–Trinajstić information content (AvgIpc) is 3.23. The molecule has 0 aromatic heterocycles. The zero-order valence-electron chi connectivity index (χ0n) is 17.8. The molecule has 0 saturated carbocycles. The summed E-state index contributed by atoms with van der Waals surface area (Å²) in [4.78, 5) is 7.28. The third-order valence-corrected chi connectivity index (χ3v) is 5.64. The highest BCUT2D eigenvalue weighted by atomic mass is 19.1. The predicted octanol–water partition coefficient (Wildman–Crippen LogP) is 2.53. The van der Waals surface area contributed by atoms with E-state index in [1.165, 1.54) is 12.5 Å². The number of hydrogen-bond donors (Lipinski definition) is 2. The van der Waals surface area contributed by atoms with Crippen molar-refractivity contribution in [1.29, 1.82) is 0 Å². The fourth-order valence-electron chi connectivity index (χ4n) is 4.03. The first-order valence-electron chi connectivity index (χ1n) is 10.8. The minimum Gasteiger partial charge on any atom is -0.381 e. The fraction of sp³-hybridized carbons (Fsp3) is 0.682. The van der Waals surface area contributed by atoms with Crippen LogP contribution in [0.3, 0.4) is 0 Å². The van der Waals surface area contributed by atoms with E-state index in [0.717, 1.165) is 63.8 Å². The summed E-state index contributed by atoms with van der Waals surface area (Å²) in [7, 11) is 1.57. The van der Waals surface area contributed by atoms with Gasteiger partial charge in [-0.1, -0.05) is 6.07 Å². The van der Waals surface area contributed by atoms with Crippen LogP contribution in [0.25, 0.3) is 0 Å². The number of hydrogen-bond acceptors (Lipinski definition) is 4. The van der Waals surface area contributed by atoms with Crippen molar-refractivity contribution in [2.45, 2.75) is 45.4 Å². The highest BCUT2D eigenvalue weighted by Gasteiger charge is 2.24. The minimum atomic E-state index is -0.236. The fourth-order valence-corrected chi connectivity index (χ4v) is 4.03. The van der Waals surface area contributed by atoms with E-state index < -0.39 is 0 Å². The summed E-state index contributed by atoms with van der Waals surface area (Å²) >= 11 is 0. The van der Waals surface area contributed by atoms with Crippen LogP contribution in [0, 0.1) is 11.7 Å². The van der Waals surface area contributed by atoms with Crippen molar-refractivity contribution >= 4 is 5.96 Å². The van der Waals surface area contributed by atoms with Gasteiger partial charge < -0.3 is 25.0 Å². The maximum Gasteiger partial charge on any atom is 0.191 e. The van der Waals surface area contributed by atoms with Crippen LogP contribution >= 0.6 is 0 Å². The second-order valence-electron chi connectivity index (χ2n) is 8.00. The first kappa shape index (κ1) is 22.0. The van der Waals surface area contributed by atoms with Crippen molar-refractivity contribution in [3.63, 3.8) is 0 Å². The van der Waals surface area contributed by atoms with Gasteiger partial charge in [0.15, 0.2) is 5.96 Å². The molecular weight excluding hydrogens is 371 g/mol. The summed E-state index contributed by atoms with van der Waals surface area (Å²) in [6, 6.07) is 5.54. The zero-order chi connectivity index (χ0) is 20.5. The monoisotopic (exact) mass is 406 g/mol. The minimum absolute atomic E-state index is 0.236. The summed E-state index contributed by atoms with van der Waals surface area (Å²) in [6.45, 7) is 8.90. The quantitative estimate of drug-likeness (QED) is 0.513. The van der Waals surface area contributed by atoms with Gasteiger partial charge in [0, 0.05) is 51.5 Å². The van der Waals surface area contributed by atoms with Crippen molar-refractivity contribution in [3.8, 4) is 0 Å². The third kappa shape index (κ3) is 6.94. The van der Waals surface area contributed by atoms with Crippen molar-refractivity contribution < 1.29 is 13.9 Å². The lowest BCUT2D eigenvalue weighted by atomic mass is 10.0. The van der Waals surface area contributed by atoms with Crippen LogP contribution in [0.2, 0.25) is 0 Å². The summed E-state index contributed by atoms with van der Waals surface area (Å²) in [6.07, 6.45) is 3.43. The van der Waals surface area contributed by atoms with Crippen LogP contribution in [0.1, 0.15) is 37.3 Å². The molecule has 0 spiro atoms. The van der Waals surface area contributed by atoms with E-state index in [2.05, 4.69) is 22.5 Å². The van der Waals surface area contributed by atoms with Crippen LogP contribution in [0.15, 0.2) is 23.2 Å². The molecule has 0 bridgehead atoms. The van der Waals surface area contributed by atoms with E-state index in [9.17, 15) is 4.39 Å². The summed E-state index contributed by atoms with van der Waals surface area (Å²) < 4.78 is 24.4. The van der Waals surface area contributed by atoms with Crippen LogP contribution < -0.4 is 10.6 Å². The van der Waals surface area contributed by atoms with E-state index >= 15 is 0 Å². The molecule has 3 rings (SSSR count). The van der Waals surface area contributed by atoms with Gasteiger partial charge in [0.1, 0.15) is 5.82 Å². The standard InChI is InChI=1S/C22H35FN4O2/c1-3-24-22(25-13-17-4-5-21(23)19(12-17)16-28-2)26-20-6-9-27(10-7-20)14-18-8-11-29-15-18/h4-5,12,18,20H,3,6-11,13-16H2,1-2H3,(H2,24,25,26). The largest absolute Gasteiger partial charge is 0.381 e. The Labute approximate surface area is 173 Å². The number of methoxy groups -OCH3 is 1. The molecule has 0 aliphatic carbocycles. The molecule has 2 aliphatic heterocycles. The van der Waals surface area contributed by atoms with Gasteiger partial charge in [-0.2, -0.15) is 0 Å². The number of benzene rings is 1. The van der Waals surface area contributed by atoms with E-state index in [0.29, 0.717) is 24.1 Å². The van der Waals surface area contributed by atoms with Crippen molar-refractivity contribution in [2.24, 2.45) is 10.9 Å². The molecule has 2 N–H and O–H groups in total. The molecule has 7 heteroatoms. The molecule has 0 radical (unpaired) electrons. The van der Waals surface area contributed by atoms with Crippen molar-refractivity contribution in [3.05, 3.63) is 35.1 Å². The van der Waals surface area contributed by atoms with Gasteiger partial charge >= 0.3 is 0 Å². The topological polar surface area (TPSA) is 58.1 Å². The molecule has 2 heterocycles. The highest BCUT2D eigenvalue weighted by molar-refractivity contribution is 5.80. The Morgan fingerprint density at radius 1 is 1.31 bits per heavy atom.